The molecule has 15 heavy (non-hydrogen) atoms. The van der Waals surface area contributed by atoms with E-state index in [0.717, 1.165) is 23.7 Å². The van der Waals surface area contributed by atoms with E-state index in [0.29, 0.717) is 5.92 Å². The second kappa shape index (κ2) is 5.52. The number of aryl methyl sites for hydroxylation is 1. The van der Waals surface area contributed by atoms with Crippen LogP contribution in [-0.2, 0) is 6.54 Å². The van der Waals surface area contributed by atoms with Crippen molar-refractivity contribution < 1.29 is 0 Å². The van der Waals surface area contributed by atoms with Crippen LogP contribution in [0.4, 0.5) is 0 Å². The predicted molar refractivity (Wildman–Crippen MR) is 64.2 cm³/mol. The van der Waals surface area contributed by atoms with E-state index in [2.05, 4.69) is 31.2 Å². The first-order chi connectivity index (χ1) is 7.15. The molecule has 1 rings (SSSR count). The molecule has 86 valence electrons. The molecule has 0 amide bonds. The summed E-state index contributed by atoms with van der Waals surface area (Å²) in [6, 6.07) is 0.282. The quantitative estimate of drug-likeness (QED) is 0.842. The van der Waals surface area contributed by atoms with Crippen molar-refractivity contribution in [1.29, 1.82) is 0 Å². The molecule has 1 heterocycles. The zero-order chi connectivity index (χ0) is 11.4. The minimum Gasteiger partial charge on any atom is -0.311 e. The Morgan fingerprint density at radius 1 is 1.53 bits per heavy atom. The molecular formula is C11H20ClN3. The Morgan fingerprint density at radius 3 is 2.67 bits per heavy atom. The normalized spacial score (nSPS) is 15.3. The van der Waals surface area contributed by atoms with Crippen LogP contribution in [0.2, 0.25) is 5.02 Å². The molecule has 0 aliphatic rings. The van der Waals surface area contributed by atoms with E-state index in [9.17, 15) is 0 Å². The summed E-state index contributed by atoms with van der Waals surface area (Å²) in [4.78, 5) is 0. The van der Waals surface area contributed by atoms with Crippen molar-refractivity contribution in [3.8, 4) is 0 Å². The highest BCUT2D eigenvalue weighted by Gasteiger charge is 2.22. The van der Waals surface area contributed by atoms with Crippen LogP contribution in [0.25, 0.3) is 0 Å². The SMILES string of the molecule is CCC(C)C(NC)c1c(Cl)cnn1CC. The fourth-order valence-electron chi connectivity index (χ4n) is 1.86. The van der Waals surface area contributed by atoms with E-state index in [4.69, 9.17) is 11.6 Å². The Kier molecular flexibility index (Phi) is 4.61. The highest BCUT2D eigenvalue weighted by atomic mass is 35.5. The molecule has 4 heteroatoms. The largest absolute Gasteiger partial charge is 0.311 e. The number of nitrogens with one attached hydrogen (secondary N) is 1. The van der Waals surface area contributed by atoms with E-state index >= 15 is 0 Å². The zero-order valence-electron chi connectivity index (χ0n) is 9.92. The van der Waals surface area contributed by atoms with Crippen molar-refractivity contribution in [2.45, 2.75) is 39.8 Å². The van der Waals surface area contributed by atoms with Crippen molar-refractivity contribution >= 4 is 11.6 Å². The van der Waals surface area contributed by atoms with Crippen LogP contribution in [0.5, 0.6) is 0 Å². The van der Waals surface area contributed by atoms with Gasteiger partial charge in [0, 0.05) is 6.54 Å². The van der Waals surface area contributed by atoms with Crippen LogP contribution in [-0.4, -0.2) is 16.8 Å². The van der Waals surface area contributed by atoms with Crippen LogP contribution in [0.3, 0.4) is 0 Å². The van der Waals surface area contributed by atoms with Crippen LogP contribution in [0.1, 0.15) is 38.9 Å². The molecule has 0 fully saturated rings. The Labute approximate surface area is 96.8 Å². The van der Waals surface area contributed by atoms with Gasteiger partial charge in [-0.1, -0.05) is 31.9 Å². The maximum absolute atomic E-state index is 6.17. The minimum atomic E-state index is 0.282. The van der Waals surface area contributed by atoms with Crippen LogP contribution in [0, 0.1) is 5.92 Å². The summed E-state index contributed by atoms with van der Waals surface area (Å²) in [5.41, 5.74) is 1.11. The molecule has 0 saturated carbocycles. The second-order valence-corrected chi connectivity index (χ2v) is 4.25. The van der Waals surface area contributed by atoms with Gasteiger partial charge in [0.2, 0.25) is 0 Å². The lowest BCUT2D eigenvalue weighted by atomic mass is 9.96. The van der Waals surface area contributed by atoms with Crippen LogP contribution < -0.4 is 5.32 Å². The topological polar surface area (TPSA) is 29.9 Å². The molecule has 0 spiro atoms. The number of aromatic nitrogens is 2. The van der Waals surface area contributed by atoms with E-state index in [-0.39, 0.29) is 6.04 Å². The molecule has 2 unspecified atom stereocenters. The predicted octanol–water partition coefficient (Wildman–Crippen LogP) is 2.86. The van der Waals surface area contributed by atoms with Gasteiger partial charge >= 0.3 is 0 Å². The van der Waals surface area contributed by atoms with Gasteiger partial charge in [-0.2, -0.15) is 5.10 Å². The molecule has 0 aromatic carbocycles. The average Bonchev–Trinajstić information content (AvgIpc) is 2.61. The number of rotatable bonds is 5. The van der Waals surface area contributed by atoms with E-state index in [1.807, 2.05) is 11.7 Å². The molecule has 0 aliphatic heterocycles. The molecular weight excluding hydrogens is 210 g/mol. The van der Waals surface area contributed by atoms with Crippen molar-refractivity contribution in [1.82, 2.24) is 15.1 Å². The first-order valence-electron chi connectivity index (χ1n) is 5.54. The smallest absolute Gasteiger partial charge is 0.0834 e. The number of nitrogens with zero attached hydrogens (tertiary/aromatic N) is 2. The minimum absolute atomic E-state index is 0.282. The lowest BCUT2D eigenvalue weighted by Gasteiger charge is -2.23. The Hall–Kier alpha value is -0.540. The monoisotopic (exact) mass is 229 g/mol. The summed E-state index contributed by atoms with van der Waals surface area (Å²) in [5, 5.41) is 8.35. The molecule has 0 aliphatic carbocycles. The summed E-state index contributed by atoms with van der Waals surface area (Å²) in [7, 11) is 1.97. The molecule has 0 radical (unpaired) electrons. The summed E-state index contributed by atoms with van der Waals surface area (Å²) in [6.45, 7) is 7.35. The third-order valence-corrected chi connectivity index (χ3v) is 3.24. The molecule has 1 N–H and O–H groups in total. The Morgan fingerprint density at radius 2 is 2.20 bits per heavy atom. The van der Waals surface area contributed by atoms with Gasteiger partial charge < -0.3 is 5.32 Å². The fourth-order valence-corrected chi connectivity index (χ4v) is 2.12. The van der Waals surface area contributed by atoms with Gasteiger partial charge in [-0.3, -0.25) is 4.68 Å². The molecule has 1 aromatic rings. The van der Waals surface area contributed by atoms with Gasteiger partial charge in [0.25, 0.3) is 0 Å². The van der Waals surface area contributed by atoms with E-state index < -0.39 is 0 Å². The maximum atomic E-state index is 6.17. The van der Waals surface area contributed by atoms with Gasteiger partial charge in [-0.25, -0.2) is 0 Å². The average molecular weight is 230 g/mol. The summed E-state index contributed by atoms with van der Waals surface area (Å²) >= 11 is 6.17. The highest BCUT2D eigenvalue weighted by molar-refractivity contribution is 6.31. The first-order valence-corrected chi connectivity index (χ1v) is 5.91. The standard InChI is InChI=1S/C11H20ClN3/c1-5-8(3)10(13-4)11-9(12)7-14-15(11)6-2/h7-8,10,13H,5-6H2,1-4H3. The molecule has 0 saturated heterocycles. The number of halogens is 1. The molecule has 0 bridgehead atoms. The third kappa shape index (κ3) is 2.52. The Balaban J connectivity index is 3.04. The van der Waals surface area contributed by atoms with Gasteiger partial charge in [0.05, 0.1) is 23.0 Å². The van der Waals surface area contributed by atoms with Crippen molar-refractivity contribution in [3.05, 3.63) is 16.9 Å². The first kappa shape index (κ1) is 12.5. The Bertz CT molecular complexity index is 309. The summed E-state index contributed by atoms with van der Waals surface area (Å²) in [6.07, 6.45) is 2.85. The summed E-state index contributed by atoms with van der Waals surface area (Å²) < 4.78 is 1.97. The van der Waals surface area contributed by atoms with Gasteiger partial charge in [-0.05, 0) is 19.9 Å². The van der Waals surface area contributed by atoms with Gasteiger partial charge in [-0.15, -0.1) is 0 Å². The molecule has 3 nitrogen and oxygen atoms in total. The van der Waals surface area contributed by atoms with Crippen molar-refractivity contribution in [3.63, 3.8) is 0 Å². The van der Waals surface area contributed by atoms with E-state index in [1.165, 1.54) is 0 Å². The maximum Gasteiger partial charge on any atom is 0.0834 e. The molecule has 2 atom stereocenters. The fraction of sp³-hybridized carbons (Fsp3) is 0.727. The van der Waals surface area contributed by atoms with Crippen molar-refractivity contribution in [2.75, 3.05) is 7.05 Å². The highest BCUT2D eigenvalue weighted by Crippen LogP contribution is 2.29. The van der Waals surface area contributed by atoms with E-state index in [1.54, 1.807) is 6.20 Å². The molecule has 1 aromatic heterocycles. The third-order valence-electron chi connectivity index (χ3n) is 2.95. The van der Waals surface area contributed by atoms with Crippen LogP contribution >= 0.6 is 11.6 Å². The lowest BCUT2D eigenvalue weighted by molar-refractivity contribution is 0.375. The van der Waals surface area contributed by atoms with Gasteiger partial charge in [0.15, 0.2) is 0 Å². The second-order valence-electron chi connectivity index (χ2n) is 3.85. The lowest BCUT2D eigenvalue weighted by Crippen LogP contribution is -2.26. The zero-order valence-corrected chi connectivity index (χ0v) is 10.7. The van der Waals surface area contributed by atoms with Gasteiger partial charge in [0.1, 0.15) is 0 Å². The van der Waals surface area contributed by atoms with Crippen molar-refractivity contribution in [2.24, 2.45) is 5.92 Å². The summed E-state index contributed by atoms with van der Waals surface area (Å²) in [5.74, 6) is 0.550. The number of hydrogen-bond acceptors (Lipinski definition) is 2. The number of hydrogen-bond donors (Lipinski definition) is 1. The van der Waals surface area contributed by atoms with Crippen LogP contribution in [0.15, 0.2) is 6.20 Å².